The Labute approximate surface area is 619 Å². The molecule has 0 saturated heterocycles. The molecule has 0 unspecified atom stereocenters. The van der Waals surface area contributed by atoms with Gasteiger partial charge in [-0.15, -0.1) is 0 Å². The third-order valence-electron chi connectivity index (χ3n) is 22.0. The monoisotopic (exact) mass is 1370 g/mol. The second kappa shape index (κ2) is 24.5. The van der Waals surface area contributed by atoms with Gasteiger partial charge in [0, 0.05) is 76.4 Å². The standard InChI is InChI=1S/C52H32N4.C48H30N4/c1-2-14-39(15-3-1)55-46-20-10-7-16-41(46)44-32-36(25-28-48(44)55)35-24-27-40-37(30-35)26-29-49-50(40)43-18-8-11-21-47(43)56(49)52-53-45-19-9-6-17-42(45)51(54-52)38-23-22-33-12-4-5-13-34(33)31-38;1-3-13-31(14-4-1)47-38-18-7-10-20-41(38)49-48(50-47)52-43-22-12-9-19-39(43)46-36-26-23-32(29-34(36)25-28-45(46)52)33-24-27-44-40(30-33)37-17-8-11-21-42(37)51(44)35-15-5-2-6-16-35/h1-32H;1-30H. The average Bonchev–Trinajstić information content (AvgIpc) is 1.57. The Bertz CT molecular complexity index is 7620. The van der Waals surface area contributed by atoms with Crippen molar-refractivity contribution < 1.29 is 0 Å². The van der Waals surface area contributed by atoms with E-state index in [0.29, 0.717) is 11.9 Å². The zero-order chi connectivity index (χ0) is 70.9. The Morgan fingerprint density at radius 2 is 0.500 bits per heavy atom. The zero-order valence-corrected chi connectivity index (χ0v) is 58.4. The first-order chi connectivity index (χ1) is 53.6. The minimum Gasteiger partial charge on any atom is -0.309 e. The van der Waals surface area contributed by atoms with Gasteiger partial charge in [0.15, 0.2) is 0 Å². The van der Waals surface area contributed by atoms with Crippen LogP contribution in [0.2, 0.25) is 0 Å². The molecule has 0 atom stereocenters. The van der Waals surface area contributed by atoms with Gasteiger partial charge in [-0.25, -0.2) is 19.9 Å². The lowest BCUT2D eigenvalue weighted by Crippen LogP contribution is -2.03. The van der Waals surface area contributed by atoms with Crippen LogP contribution in [-0.2, 0) is 0 Å². The van der Waals surface area contributed by atoms with Crippen LogP contribution in [0.15, 0.2) is 376 Å². The second-order valence-electron chi connectivity index (χ2n) is 28.0. The number of hydrogen-bond acceptors (Lipinski definition) is 4. The lowest BCUT2D eigenvalue weighted by Gasteiger charge is -2.12. The molecule has 0 aliphatic heterocycles. The van der Waals surface area contributed by atoms with Crippen LogP contribution < -0.4 is 0 Å². The van der Waals surface area contributed by atoms with Gasteiger partial charge >= 0.3 is 0 Å². The van der Waals surface area contributed by atoms with E-state index in [4.69, 9.17) is 19.9 Å². The number of nitrogens with zero attached hydrogens (tertiary/aromatic N) is 8. The molecule has 0 aliphatic rings. The van der Waals surface area contributed by atoms with E-state index in [1.165, 1.54) is 131 Å². The fraction of sp³-hybridized carbons (Fsp3) is 0. The highest BCUT2D eigenvalue weighted by molar-refractivity contribution is 6.24. The van der Waals surface area contributed by atoms with E-state index in [1.807, 2.05) is 12.1 Å². The van der Waals surface area contributed by atoms with E-state index >= 15 is 0 Å². The Balaban J connectivity index is 0.000000134. The summed E-state index contributed by atoms with van der Waals surface area (Å²) >= 11 is 0. The molecule has 23 aromatic rings. The molecule has 8 heteroatoms. The quantitative estimate of drug-likeness (QED) is 0.152. The topological polar surface area (TPSA) is 71.3 Å². The van der Waals surface area contributed by atoms with E-state index in [-0.39, 0.29) is 0 Å². The van der Waals surface area contributed by atoms with Crippen LogP contribution in [0.4, 0.5) is 0 Å². The number of hydrogen-bond donors (Lipinski definition) is 0. The minimum absolute atomic E-state index is 0.664. The molecule has 0 spiro atoms. The fourth-order valence-corrected chi connectivity index (χ4v) is 17.1. The molecule has 0 saturated carbocycles. The second-order valence-corrected chi connectivity index (χ2v) is 28.0. The van der Waals surface area contributed by atoms with Crippen molar-refractivity contribution in [1.82, 2.24) is 38.2 Å². The molecule has 0 radical (unpaired) electrons. The third kappa shape index (κ3) is 9.71. The largest absolute Gasteiger partial charge is 0.309 e. The smallest absolute Gasteiger partial charge is 0.235 e. The van der Waals surface area contributed by atoms with Gasteiger partial charge in [-0.05, 0) is 170 Å². The molecule has 502 valence electrons. The summed E-state index contributed by atoms with van der Waals surface area (Å²) in [6, 6.07) is 135. The Morgan fingerprint density at radius 1 is 0.167 bits per heavy atom. The molecular weight excluding hydrogens is 1310 g/mol. The van der Waals surface area contributed by atoms with Gasteiger partial charge in [0.05, 0.1) is 66.6 Å². The summed E-state index contributed by atoms with van der Waals surface area (Å²) in [5.41, 5.74) is 22.1. The summed E-state index contributed by atoms with van der Waals surface area (Å²) in [5.74, 6) is 1.33. The van der Waals surface area contributed by atoms with Crippen molar-refractivity contribution in [2.45, 2.75) is 0 Å². The summed E-state index contributed by atoms with van der Waals surface area (Å²) < 4.78 is 9.20. The molecule has 0 N–H and O–H groups in total. The summed E-state index contributed by atoms with van der Waals surface area (Å²) in [4.78, 5) is 21.0. The fourth-order valence-electron chi connectivity index (χ4n) is 17.1. The van der Waals surface area contributed by atoms with Gasteiger partial charge in [0.2, 0.25) is 11.9 Å². The normalized spacial score (nSPS) is 11.9. The minimum atomic E-state index is 0.664. The van der Waals surface area contributed by atoms with E-state index in [1.54, 1.807) is 0 Å². The van der Waals surface area contributed by atoms with Gasteiger partial charge in [-0.1, -0.05) is 261 Å². The van der Waals surface area contributed by atoms with Crippen LogP contribution in [0, 0.1) is 0 Å². The van der Waals surface area contributed by atoms with Gasteiger partial charge in [0.25, 0.3) is 0 Å². The molecular formula is C100H62N8. The number of aromatic nitrogens is 8. The van der Waals surface area contributed by atoms with Gasteiger partial charge in [0.1, 0.15) is 0 Å². The third-order valence-corrected chi connectivity index (χ3v) is 22.0. The van der Waals surface area contributed by atoms with Crippen LogP contribution in [0.25, 0.3) is 209 Å². The number of fused-ring (bicyclic) bond motifs is 19. The van der Waals surface area contributed by atoms with Crippen molar-refractivity contribution in [3.8, 4) is 68.0 Å². The van der Waals surface area contributed by atoms with E-state index in [9.17, 15) is 0 Å². The highest BCUT2D eigenvalue weighted by atomic mass is 15.2. The molecule has 17 aromatic carbocycles. The molecule has 6 aromatic heterocycles. The van der Waals surface area contributed by atoms with E-state index in [2.05, 4.69) is 382 Å². The highest BCUT2D eigenvalue weighted by Crippen LogP contribution is 2.44. The molecule has 0 aliphatic carbocycles. The maximum Gasteiger partial charge on any atom is 0.235 e. The molecule has 108 heavy (non-hydrogen) atoms. The van der Waals surface area contributed by atoms with Crippen molar-refractivity contribution >= 4 is 141 Å². The first-order valence-corrected chi connectivity index (χ1v) is 36.8. The first-order valence-electron chi connectivity index (χ1n) is 36.8. The summed E-state index contributed by atoms with van der Waals surface area (Å²) in [6.07, 6.45) is 0. The predicted molar refractivity (Wildman–Crippen MR) is 451 cm³/mol. The molecule has 8 nitrogen and oxygen atoms in total. The molecule has 0 amide bonds. The Kier molecular flexibility index (Phi) is 13.8. The average molecular weight is 1380 g/mol. The van der Waals surface area contributed by atoms with Crippen molar-refractivity contribution in [3.05, 3.63) is 376 Å². The zero-order valence-electron chi connectivity index (χ0n) is 58.4. The predicted octanol–water partition coefficient (Wildman–Crippen LogP) is 25.8. The van der Waals surface area contributed by atoms with Crippen LogP contribution in [0.3, 0.4) is 0 Å². The molecule has 0 bridgehead atoms. The highest BCUT2D eigenvalue weighted by Gasteiger charge is 2.23. The molecule has 6 heterocycles. The first kappa shape index (κ1) is 60.9. The lowest BCUT2D eigenvalue weighted by molar-refractivity contribution is 1.01. The van der Waals surface area contributed by atoms with E-state index < -0.39 is 0 Å². The van der Waals surface area contributed by atoms with Crippen molar-refractivity contribution in [3.63, 3.8) is 0 Å². The van der Waals surface area contributed by atoms with Crippen molar-refractivity contribution in [2.75, 3.05) is 0 Å². The molecule has 23 rings (SSSR count). The summed E-state index contributed by atoms with van der Waals surface area (Å²) in [5, 5.41) is 19.1. The van der Waals surface area contributed by atoms with E-state index in [0.717, 1.165) is 66.4 Å². The number of rotatable bonds is 8. The van der Waals surface area contributed by atoms with Gasteiger partial charge in [-0.3, -0.25) is 9.13 Å². The number of para-hydroxylation sites is 8. The summed E-state index contributed by atoms with van der Waals surface area (Å²) in [7, 11) is 0. The SMILES string of the molecule is c1ccc(-c2nc(-n3c4ccccc4c4c5ccc(-c6ccc7c(c6)c6ccccc6n7-c6ccccc6)cc5ccc43)nc3ccccc23)cc1.c1ccc(-n2c3ccccc3c3cc(-c4ccc5c(ccc6c5c5ccccc5n6-c5nc(-c6ccc7ccccc7c6)c6ccccc6n5)c4)ccc32)cc1. The van der Waals surface area contributed by atoms with Crippen LogP contribution >= 0.6 is 0 Å². The van der Waals surface area contributed by atoms with Crippen LogP contribution in [0.5, 0.6) is 0 Å². The van der Waals surface area contributed by atoms with Crippen molar-refractivity contribution in [2.24, 2.45) is 0 Å². The van der Waals surface area contributed by atoms with Gasteiger partial charge < -0.3 is 9.13 Å². The Morgan fingerprint density at radius 3 is 0.991 bits per heavy atom. The summed E-state index contributed by atoms with van der Waals surface area (Å²) in [6.45, 7) is 0. The Hall–Kier alpha value is -14.6. The molecule has 0 fully saturated rings. The van der Waals surface area contributed by atoms with Crippen LogP contribution in [0.1, 0.15) is 0 Å². The lowest BCUT2D eigenvalue weighted by atomic mass is 9.97. The maximum absolute atomic E-state index is 5.37. The number of benzene rings is 17. The van der Waals surface area contributed by atoms with Crippen molar-refractivity contribution in [1.29, 1.82) is 0 Å². The maximum atomic E-state index is 5.37. The van der Waals surface area contributed by atoms with Gasteiger partial charge in [-0.2, -0.15) is 0 Å². The van der Waals surface area contributed by atoms with Crippen LogP contribution in [-0.4, -0.2) is 38.2 Å².